The number of rotatable bonds is 48. The minimum absolute atomic E-state index is 0.118. The van der Waals surface area contributed by atoms with E-state index in [0.717, 1.165) is 128 Å². The number of ether oxygens (including phenoxy) is 3. The molecule has 0 aliphatic carbocycles. The van der Waals surface area contributed by atoms with Crippen LogP contribution in [-0.2, 0) is 28.6 Å². The van der Waals surface area contributed by atoms with E-state index in [0.29, 0.717) is 19.3 Å². The van der Waals surface area contributed by atoms with Crippen molar-refractivity contribution in [2.24, 2.45) is 0 Å². The predicted molar refractivity (Wildman–Crippen MR) is 297 cm³/mol. The third-order valence-corrected chi connectivity index (χ3v) is 11.1. The molecule has 0 rings (SSSR count). The Morgan fingerprint density at radius 3 is 0.971 bits per heavy atom. The topological polar surface area (TPSA) is 78.9 Å². The first kappa shape index (κ1) is 64.5. The fourth-order valence-electron chi connectivity index (χ4n) is 7.04. The van der Waals surface area contributed by atoms with E-state index in [4.69, 9.17) is 14.2 Å². The lowest BCUT2D eigenvalue weighted by molar-refractivity contribution is -0.166. The Bertz CT molecular complexity index is 1510. The highest BCUT2D eigenvalue weighted by atomic mass is 16.6. The minimum atomic E-state index is -0.825. The monoisotopic (exact) mass is 953 g/mol. The molecule has 0 saturated carbocycles. The molecule has 0 amide bonds. The van der Waals surface area contributed by atoms with Crippen molar-refractivity contribution in [3.63, 3.8) is 0 Å². The summed E-state index contributed by atoms with van der Waals surface area (Å²) in [5, 5.41) is 0. The van der Waals surface area contributed by atoms with Crippen LogP contribution in [0.4, 0.5) is 0 Å². The summed E-state index contributed by atoms with van der Waals surface area (Å²) >= 11 is 0. The number of carbonyl (C=O) groups excluding carboxylic acids is 3. The van der Waals surface area contributed by atoms with Crippen molar-refractivity contribution in [2.45, 2.75) is 232 Å². The minimum Gasteiger partial charge on any atom is -0.462 e. The first-order valence-electron chi connectivity index (χ1n) is 27.7. The van der Waals surface area contributed by atoms with Gasteiger partial charge in [-0.1, -0.05) is 219 Å². The van der Waals surface area contributed by atoms with Crippen molar-refractivity contribution in [3.05, 3.63) is 134 Å². The first-order chi connectivity index (χ1) is 34.0. The van der Waals surface area contributed by atoms with Crippen LogP contribution in [0.2, 0.25) is 0 Å². The van der Waals surface area contributed by atoms with Gasteiger partial charge in [-0.05, 0) is 122 Å². The molecule has 0 fully saturated rings. The largest absolute Gasteiger partial charge is 0.462 e. The molecule has 0 spiro atoms. The molecule has 0 N–H and O–H groups in total. The molecule has 0 aromatic heterocycles. The number of esters is 3. The molecule has 0 bridgehead atoms. The first-order valence-corrected chi connectivity index (χ1v) is 27.7. The van der Waals surface area contributed by atoms with Crippen LogP contribution < -0.4 is 0 Å². The average molecular weight is 953 g/mol. The molecule has 0 aliphatic heterocycles. The van der Waals surface area contributed by atoms with Gasteiger partial charge in [0.2, 0.25) is 0 Å². The SMILES string of the molecule is CC/C=C\C/C=C\C/C=C\C/C=C\C/C=C\C/C=C\CCC(=O)OCC(COC(=O)CCCCCCC/C=C\C/C=C\C/C=C\CC)OC(=O)CCCCCCCCC/C=C\C/C=C\CCCCC. The number of hydrogen-bond acceptors (Lipinski definition) is 6. The second-order valence-corrected chi connectivity index (χ2v) is 17.7. The van der Waals surface area contributed by atoms with Crippen LogP contribution in [0.5, 0.6) is 0 Å². The van der Waals surface area contributed by atoms with Gasteiger partial charge in [-0.15, -0.1) is 0 Å². The Balaban J connectivity index is 4.56. The molecule has 0 heterocycles. The molecule has 1 unspecified atom stereocenters. The number of carbonyl (C=O) groups is 3. The second kappa shape index (κ2) is 56.1. The molecule has 388 valence electrons. The van der Waals surface area contributed by atoms with Gasteiger partial charge in [0.25, 0.3) is 0 Å². The van der Waals surface area contributed by atoms with Gasteiger partial charge in [0.05, 0.1) is 0 Å². The molecule has 0 aromatic carbocycles. The summed E-state index contributed by atoms with van der Waals surface area (Å²) in [6.45, 7) is 6.29. The van der Waals surface area contributed by atoms with Gasteiger partial charge < -0.3 is 14.2 Å². The Hall–Kier alpha value is -4.45. The zero-order valence-corrected chi connectivity index (χ0v) is 44.3. The van der Waals surface area contributed by atoms with E-state index in [9.17, 15) is 14.4 Å². The van der Waals surface area contributed by atoms with E-state index in [1.165, 1.54) is 51.4 Å². The van der Waals surface area contributed by atoms with E-state index < -0.39 is 6.10 Å². The molecule has 69 heavy (non-hydrogen) atoms. The second-order valence-electron chi connectivity index (χ2n) is 17.7. The highest BCUT2D eigenvalue weighted by Gasteiger charge is 2.19. The third-order valence-electron chi connectivity index (χ3n) is 11.1. The van der Waals surface area contributed by atoms with Crippen LogP contribution in [0.1, 0.15) is 226 Å². The molecule has 0 aliphatic rings. The summed E-state index contributed by atoms with van der Waals surface area (Å²) in [5.74, 6) is -1.03. The van der Waals surface area contributed by atoms with E-state index in [2.05, 4.69) is 142 Å². The third kappa shape index (κ3) is 54.4. The van der Waals surface area contributed by atoms with Gasteiger partial charge in [-0.2, -0.15) is 0 Å². The maximum Gasteiger partial charge on any atom is 0.306 e. The van der Waals surface area contributed by atoms with E-state index in [1.54, 1.807) is 0 Å². The summed E-state index contributed by atoms with van der Waals surface area (Å²) in [4.78, 5) is 38.1. The standard InChI is InChI=1S/C63H100O6/c1-4-7-10-13-16-19-22-25-28-30-31-33-35-38-41-44-47-50-53-56-62(65)68-59-60(58-67-61(64)55-52-49-46-43-40-37-34-27-24-21-18-15-12-9-6-3)69-63(66)57-54-51-48-45-42-39-36-32-29-26-23-20-17-14-11-8-5-2/h7,9-10,12,16-21,25-29,31,33-34,38,41,47,50,60H,4-6,8,11,13-15,22-24,30,32,35-37,39-40,42-46,48-49,51-59H2,1-3H3/b10-7-,12-9-,19-16-,20-17-,21-18-,28-25-,29-26-,33-31-,34-27-,41-38-,50-47-. The van der Waals surface area contributed by atoms with Crippen LogP contribution >= 0.6 is 0 Å². The lowest BCUT2D eigenvalue weighted by atomic mass is 10.1. The highest BCUT2D eigenvalue weighted by molar-refractivity contribution is 5.71. The van der Waals surface area contributed by atoms with Gasteiger partial charge in [0.1, 0.15) is 13.2 Å². The molecule has 6 nitrogen and oxygen atoms in total. The molecule has 0 aromatic rings. The average Bonchev–Trinajstić information content (AvgIpc) is 3.35. The fraction of sp³-hybridized carbons (Fsp3) is 0.603. The Morgan fingerprint density at radius 1 is 0.304 bits per heavy atom. The van der Waals surface area contributed by atoms with E-state index in [-0.39, 0.29) is 37.5 Å². The smallest absolute Gasteiger partial charge is 0.306 e. The van der Waals surface area contributed by atoms with E-state index >= 15 is 0 Å². The molecular formula is C63H100O6. The number of allylic oxidation sites excluding steroid dienone is 22. The van der Waals surface area contributed by atoms with E-state index in [1.807, 2.05) is 12.2 Å². The van der Waals surface area contributed by atoms with Gasteiger partial charge in [0.15, 0.2) is 6.10 Å². The van der Waals surface area contributed by atoms with Crippen LogP contribution in [0.3, 0.4) is 0 Å². The summed E-state index contributed by atoms with van der Waals surface area (Å²) in [6, 6.07) is 0. The normalized spacial score (nSPS) is 13.1. The lowest BCUT2D eigenvalue weighted by Gasteiger charge is -2.18. The van der Waals surface area contributed by atoms with Crippen molar-refractivity contribution in [3.8, 4) is 0 Å². The van der Waals surface area contributed by atoms with Gasteiger partial charge in [-0.25, -0.2) is 0 Å². The van der Waals surface area contributed by atoms with Crippen LogP contribution in [0.25, 0.3) is 0 Å². The number of hydrogen-bond donors (Lipinski definition) is 0. The summed E-state index contributed by atoms with van der Waals surface area (Å²) in [5.41, 5.74) is 0. The van der Waals surface area contributed by atoms with Crippen LogP contribution in [-0.4, -0.2) is 37.2 Å². The molecule has 0 radical (unpaired) electrons. The molecular weight excluding hydrogens is 853 g/mol. The van der Waals surface area contributed by atoms with Crippen molar-refractivity contribution >= 4 is 17.9 Å². The molecule has 1 atom stereocenters. The van der Waals surface area contributed by atoms with Crippen molar-refractivity contribution in [1.82, 2.24) is 0 Å². The summed E-state index contributed by atoms with van der Waals surface area (Å²) in [6.07, 6.45) is 78.7. The zero-order chi connectivity index (χ0) is 50.0. The zero-order valence-electron chi connectivity index (χ0n) is 44.3. The summed E-state index contributed by atoms with van der Waals surface area (Å²) in [7, 11) is 0. The quantitative estimate of drug-likeness (QED) is 0.0262. The summed E-state index contributed by atoms with van der Waals surface area (Å²) < 4.78 is 16.8. The fourth-order valence-corrected chi connectivity index (χ4v) is 7.04. The Kier molecular flexibility index (Phi) is 52.5. The maximum absolute atomic E-state index is 12.8. The maximum atomic E-state index is 12.8. The predicted octanol–water partition coefficient (Wildman–Crippen LogP) is 18.6. The highest BCUT2D eigenvalue weighted by Crippen LogP contribution is 2.13. The molecule has 0 saturated heterocycles. The van der Waals surface area contributed by atoms with Gasteiger partial charge in [-0.3, -0.25) is 14.4 Å². The lowest BCUT2D eigenvalue weighted by Crippen LogP contribution is -2.30. The van der Waals surface area contributed by atoms with Crippen LogP contribution in [0, 0.1) is 0 Å². The number of unbranched alkanes of at least 4 members (excludes halogenated alkanes) is 15. The van der Waals surface area contributed by atoms with Gasteiger partial charge in [0, 0.05) is 19.3 Å². The Morgan fingerprint density at radius 2 is 0.594 bits per heavy atom. The Labute approximate surface area is 424 Å². The van der Waals surface area contributed by atoms with Gasteiger partial charge >= 0.3 is 17.9 Å². The van der Waals surface area contributed by atoms with Crippen LogP contribution in [0.15, 0.2) is 134 Å². The molecule has 6 heteroatoms. The van der Waals surface area contributed by atoms with Crippen molar-refractivity contribution in [1.29, 1.82) is 0 Å². The van der Waals surface area contributed by atoms with Crippen molar-refractivity contribution < 1.29 is 28.6 Å². The van der Waals surface area contributed by atoms with Crippen molar-refractivity contribution in [2.75, 3.05) is 13.2 Å².